The first-order chi connectivity index (χ1) is 14.3. The van der Waals surface area contributed by atoms with E-state index in [1.165, 1.54) is 15.4 Å². The van der Waals surface area contributed by atoms with Crippen LogP contribution in [-0.4, -0.2) is 40.1 Å². The smallest absolute Gasteiger partial charge is 0.407 e. The molecule has 2 aromatic carbocycles. The second-order valence-corrected chi connectivity index (χ2v) is 9.82. The number of nitrogens with zero attached hydrogens (tertiary/aromatic N) is 1. The van der Waals surface area contributed by atoms with E-state index in [1.807, 2.05) is 30.3 Å². The molecular formula is C24H32N2O3S. The maximum atomic E-state index is 11.8. The third-order valence-corrected chi connectivity index (χ3v) is 6.42. The molecule has 162 valence electrons. The van der Waals surface area contributed by atoms with Gasteiger partial charge in [0.05, 0.1) is 18.7 Å². The Labute approximate surface area is 183 Å². The van der Waals surface area contributed by atoms with E-state index < -0.39 is 6.09 Å². The highest BCUT2D eigenvalue weighted by molar-refractivity contribution is 7.97. The number of likely N-dealkylation sites (tertiary alicyclic amines) is 1. The number of carboxylic acid groups (broad SMARTS) is 1. The molecule has 5 nitrogen and oxygen atoms in total. The molecule has 1 amide bonds. The zero-order valence-electron chi connectivity index (χ0n) is 17.9. The Kier molecular flexibility index (Phi) is 7.69. The summed E-state index contributed by atoms with van der Waals surface area (Å²) in [6.07, 6.45) is 0.772. The van der Waals surface area contributed by atoms with Crippen LogP contribution < -0.4 is 5.48 Å². The standard InChI is InChI=1S/C24H32N2O3S/c1-24(2,3)19-9-13-22(14-10-19)30-17-21-12-11-20(15-26(21)23(27)28)25-29-16-18-7-5-4-6-8-18/h4-10,13-14,17,20-21,25,30H,11-12,15-16H2,1-3H3,(H,27,28)/t20-,21+/m1/s1. The van der Waals surface area contributed by atoms with E-state index in [4.69, 9.17) is 4.84 Å². The summed E-state index contributed by atoms with van der Waals surface area (Å²) in [7, 11) is 0. The molecule has 1 heterocycles. The van der Waals surface area contributed by atoms with Gasteiger partial charge in [-0.1, -0.05) is 63.2 Å². The van der Waals surface area contributed by atoms with Crippen molar-refractivity contribution in [3.05, 3.63) is 65.7 Å². The lowest BCUT2D eigenvalue weighted by Gasteiger charge is -2.36. The highest BCUT2D eigenvalue weighted by atomic mass is 32.1. The molecule has 0 aromatic heterocycles. The molecule has 2 aromatic rings. The summed E-state index contributed by atoms with van der Waals surface area (Å²) < 4.78 is 0. The Morgan fingerprint density at radius 2 is 1.87 bits per heavy atom. The van der Waals surface area contributed by atoms with Crippen LogP contribution in [0.15, 0.2) is 59.5 Å². The first-order valence-corrected chi connectivity index (χ1v) is 11.3. The molecule has 0 aliphatic carbocycles. The molecule has 1 saturated heterocycles. The predicted molar refractivity (Wildman–Crippen MR) is 124 cm³/mol. The van der Waals surface area contributed by atoms with Gasteiger partial charge in [0.15, 0.2) is 0 Å². The van der Waals surface area contributed by atoms with Crippen molar-refractivity contribution in [3.8, 4) is 0 Å². The molecule has 1 aliphatic rings. The average molecular weight is 429 g/mol. The number of thiol groups is 1. The van der Waals surface area contributed by atoms with Crippen molar-refractivity contribution in [3.63, 3.8) is 0 Å². The fraction of sp³-hybridized carbons (Fsp3) is 0.417. The average Bonchev–Trinajstić information content (AvgIpc) is 2.73. The van der Waals surface area contributed by atoms with E-state index in [-0.39, 0.29) is 17.5 Å². The van der Waals surface area contributed by atoms with Gasteiger partial charge < -0.3 is 5.11 Å². The van der Waals surface area contributed by atoms with Crippen LogP contribution in [0.4, 0.5) is 4.79 Å². The van der Waals surface area contributed by atoms with Crippen LogP contribution in [0.25, 0.3) is 0 Å². The largest absolute Gasteiger partial charge is 0.465 e. The van der Waals surface area contributed by atoms with E-state index >= 15 is 0 Å². The van der Waals surface area contributed by atoms with Crippen molar-refractivity contribution in [1.29, 1.82) is 0 Å². The number of piperidine rings is 1. The van der Waals surface area contributed by atoms with Crippen molar-refractivity contribution in [1.82, 2.24) is 10.4 Å². The van der Waals surface area contributed by atoms with Crippen LogP contribution >= 0.6 is 11.4 Å². The van der Waals surface area contributed by atoms with E-state index in [2.05, 4.69) is 55.9 Å². The maximum Gasteiger partial charge on any atom is 0.407 e. The second-order valence-electron chi connectivity index (χ2n) is 8.74. The first-order valence-electron chi connectivity index (χ1n) is 10.4. The van der Waals surface area contributed by atoms with E-state index in [1.54, 1.807) is 0 Å². The number of nitrogens with one attached hydrogen (secondary N) is 1. The molecule has 0 spiro atoms. The second kappa shape index (κ2) is 10.2. The quantitative estimate of drug-likeness (QED) is 0.350. The number of hydrogen-bond acceptors (Lipinski definition) is 3. The molecule has 0 unspecified atom stereocenters. The fourth-order valence-corrected chi connectivity index (χ4v) is 4.48. The summed E-state index contributed by atoms with van der Waals surface area (Å²) >= 11 is 1.04. The minimum atomic E-state index is -0.885. The van der Waals surface area contributed by atoms with Crippen molar-refractivity contribution >= 4 is 22.8 Å². The van der Waals surface area contributed by atoms with Crippen molar-refractivity contribution in [2.75, 3.05) is 6.54 Å². The van der Waals surface area contributed by atoms with Crippen LogP contribution in [0.1, 0.15) is 44.7 Å². The van der Waals surface area contributed by atoms with Gasteiger partial charge in [-0.05, 0) is 51.8 Å². The third kappa shape index (κ3) is 6.42. The molecule has 2 atom stereocenters. The highest BCUT2D eigenvalue weighted by Crippen LogP contribution is 2.24. The lowest BCUT2D eigenvalue weighted by atomic mass is 9.87. The van der Waals surface area contributed by atoms with Gasteiger partial charge in [-0.15, -0.1) is 0 Å². The van der Waals surface area contributed by atoms with E-state index in [0.717, 1.165) is 29.8 Å². The summed E-state index contributed by atoms with van der Waals surface area (Å²) in [6.45, 7) is 7.48. The predicted octanol–water partition coefficient (Wildman–Crippen LogP) is 4.84. The topological polar surface area (TPSA) is 61.8 Å². The summed E-state index contributed by atoms with van der Waals surface area (Å²) in [6, 6.07) is 18.4. The highest BCUT2D eigenvalue weighted by Gasteiger charge is 2.30. The van der Waals surface area contributed by atoms with Crippen LogP contribution in [0.2, 0.25) is 0 Å². The van der Waals surface area contributed by atoms with Gasteiger partial charge in [0.2, 0.25) is 0 Å². The molecule has 30 heavy (non-hydrogen) atoms. The molecule has 0 saturated carbocycles. The third-order valence-electron chi connectivity index (χ3n) is 5.33. The van der Waals surface area contributed by atoms with E-state index in [9.17, 15) is 9.90 Å². The number of rotatable bonds is 6. The minimum Gasteiger partial charge on any atom is -0.465 e. The van der Waals surface area contributed by atoms with Crippen molar-refractivity contribution < 1.29 is 14.7 Å². The molecule has 0 radical (unpaired) electrons. The SMILES string of the molecule is CC(C)(C)c1ccc([SH]=C[C@@H]2CC[C@@H](NOCc3ccccc3)CN2C(=O)O)cc1. The first kappa shape index (κ1) is 22.5. The molecule has 1 fully saturated rings. The maximum absolute atomic E-state index is 11.8. The molecule has 1 aliphatic heterocycles. The summed E-state index contributed by atoms with van der Waals surface area (Å²) in [5, 5.41) is 11.8. The van der Waals surface area contributed by atoms with E-state index in [0.29, 0.717) is 13.2 Å². The Balaban J connectivity index is 1.55. The fourth-order valence-electron chi connectivity index (χ4n) is 3.50. The minimum absolute atomic E-state index is 0.00259. The van der Waals surface area contributed by atoms with Gasteiger partial charge in [0, 0.05) is 6.54 Å². The lowest BCUT2D eigenvalue weighted by molar-refractivity contribution is -0.0157. The number of hydroxylamine groups is 1. The Bertz CT molecular complexity index is 847. The number of hydrogen-bond donors (Lipinski definition) is 3. The molecule has 3 rings (SSSR count). The number of carbonyl (C=O) groups is 1. The molecule has 0 bridgehead atoms. The van der Waals surface area contributed by atoms with Crippen molar-refractivity contribution in [2.24, 2.45) is 0 Å². The Morgan fingerprint density at radius 1 is 1.17 bits per heavy atom. The molecular weight excluding hydrogens is 396 g/mol. The van der Waals surface area contributed by atoms with Gasteiger partial charge in [-0.3, -0.25) is 9.74 Å². The van der Waals surface area contributed by atoms with Gasteiger partial charge in [-0.25, -0.2) is 4.79 Å². The van der Waals surface area contributed by atoms with Crippen LogP contribution in [-0.2, 0) is 16.9 Å². The van der Waals surface area contributed by atoms with Gasteiger partial charge in [-0.2, -0.15) is 16.8 Å². The monoisotopic (exact) mass is 428 g/mol. The zero-order chi connectivity index (χ0) is 21.6. The Morgan fingerprint density at radius 3 is 2.50 bits per heavy atom. The van der Waals surface area contributed by atoms with Gasteiger partial charge in [0.1, 0.15) is 0 Å². The zero-order valence-corrected chi connectivity index (χ0v) is 18.8. The summed E-state index contributed by atoms with van der Waals surface area (Å²) in [4.78, 5) is 20.1. The Hall–Kier alpha value is -2.15. The van der Waals surface area contributed by atoms with Crippen LogP contribution in [0.5, 0.6) is 0 Å². The number of benzene rings is 2. The van der Waals surface area contributed by atoms with Gasteiger partial charge >= 0.3 is 6.09 Å². The molecule has 6 heteroatoms. The normalized spacial score (nSPS) is 20.2. The lowest BCUT2D eigenvalue weighted by Crippen LogP contribution is -2.52. The van der Waals surface area contributed by atoms with Crippen LogP contribution in [0.3, 0.4) is 0 Å². The van der Waals surface area contributed by atoms with Crippen LogP contribution in [0, 0.1) is 0 Å². The molecule has 2 N–H and O–H groups in total. The van der Waals surface area contributed by atoms with Crippen molar-refractivity contribution in [2.45, 2.75) is 62.6 Å². The number of amides is 1. The van der Waals surface area contributed by atoms with Gasteiger partial charge in [0.25, 0.3) is 0 Å². The summed E-state index contributed by atoms with van der Waals surface area (Å²) in [5.41, 5.74) is 5.56. The summed E-state index contributed by atoms with van der Waals surface area (Å²) in [5.74, 6) is 0.